The molecule has 0 radical (unpaired) electrons. The molecule has 3 aromatic heterocycles. The van der Waals surface area contributed by atoms with Gasteiger partial charge in [-0.2, -0.15) is 0 Å². The Hall–Kier alpha value is -4.27. The second-order valence-corrected chi connectivity index (χ2v) is 7.35. The molecule has 0 aliphatic rings. The SMILES string of the molecule is CN/C=C(\C(=N)c1cncnc1)c1cnc2ccc(N/C(N)=C/C(=C\N)C(C)C)nc2c1. The Morgan fingerprint density at radius 2 is 1.84 bits per heavy atom. The molecule has 3 rings (SSSR count). The summed E-state index contributed by atoms with van der Waals surface area (Å²) >= 11 is 0. The first-order valence-corrected chi connectivity index (χ1v) is 10.1. The lowest BCUT2D eigenvalue weighted by Gasteiger charge is -2.12. The number of nitrogens with zero attached hydrogens (tertiary/aromatic N) is 4. The van der Waals surface area contributed by atoms with Crippen LogP contribution >= 0.6 is 0 Å². The Labute approximate surface area is 186 Å². The van der Waals surface area contributed by atoms with Gasteiger partial charge in [0.2, 0.25) is 0 Å². The van der Waals surface area contributed by atoms with Crippen LogP contribution in [0, 0.1) is 11.3 Å². The largest absolute Gasteiger partial charge is 0.404 e. The first kappa shape index (κ1) is 22.4. The molecular formula is C23H27N9. The van der Waals surface area contributed by atoms with E-state index in [1.54, 1.807) is 44.1 Å². The highest BCUT2D eigenvalue weighted by atomic mass is 15.1. The van der Waals surface area contributed by atoms with Gasteiger partial charge in [0.25, 0.3) is 0 Å². The van der Waals surface area contributed by atoms with E-state index in [9.17, 15) is 0 Å². The lowest BCUT2D eigenvalue weighted by Crippen LogP contribution is -2.12. The van der Waals surface area contributed by atoms with Crippen LogP contribution in [-0.2, 0) is 0 Å². The molecule has 164 valence electrons. The van der Waals surface area contributed by atoms with Gasteiger partial charge in [-0.1, -0.05) is 13.8 Å². The first-order valence-electron chi connectivity index (χ1n) is 10.1. The van der Waals surface area contributed by atoms with E-state index in [1.165, 1.54) is 6.33 Å². The van der Waals surface area contributed by atoms with Crippen molar-refractivity contribution in [2.75, 3.05) is 12.4 Å². The Morgan fingerprint density at radius 3 is 2.50 bits per heavy atom. The number of pyridine rings is 2. The number of aromatic nitrogens is 4. The van der Waals surface area contributed by atoms with Crippen LogP contribution in [-0.4, -0.2) is 32.7 Å². The Morgan fingerprint density at radius 1 is 1.09 bits per heavy atom. The van der Waals surface area contributed by atoms with Crippen molar-refractivity contribution in [2.24, 2.45) is 17.4 Å². The Kier molecular flexibility index (Phi) is 7.12. The molecule has 0 aliphatic carbocycles. The maximum atomic E-state index is 8.60. The fourth-order valence-electron chi connectivity index (χ4n) is 3.02. The number of fused-ring (bicyclic) bond motifs is 1. The molecular weight excluding hydrogens is 402 g/mol. The quantitative estimate of drug-likeness (QED) is 0.271. The van der Waals surface area contributed by atoms with E-state index in [-0.39, 0.29) is 11.6 Å². The van der Waals surface area contributed by atoms with Crippen LogP contribution < -0.4 is 22.1 Å². The van der Waals surface area contributed by atoms with Gasteiger partial charge in [-0.05, 0) is 42.0 Å². The summed E-state index contributed by atoms with van der Waals surface area (Å²) < 4.78 is 0. The molecule has 0 unspecified atom stereocenters. The van der Waals surface area contributed by atoms with Crippen molar-refractivity contribution < 1.29 is 0 Å². The topological polar surface area (TPSA) is 152 Å². The minimum absolute atomic E-state index is 0.249. The highest BCUT2D eigenvalue weighted by Gasteiger charge is 2.13. The minimum atomic E-state index is 0.249. The number of nitrogens with one attached hydrogen (secondary N) is 3. The zero-order valence-corrected chi connectivity index (χ0v) is 18.3. The van der Waals surface area contributed by atoms with E-state index in [0.717, 1.165) is 16.7 Å². The summed E-state index contributed by atoms with van der Waals surface area (Å²) in [6.07, 6.45) is 11.4. The van der Waals surface area contributed by atoms with Crippen molar-refractivity contribution in [2.45, 2.75) is 13.8 Å². The zero-order valence-electron chi connectivity index (χ0n) is 18.3. The third-order valence-electron chi connectivity index (χ3n) is 4.71. The van der Waals surface area contributed by atoms with E-state index < -0.39 is 0 Å². The van der Waals surface area contributed by atoms with Crippen molar-refractivity contribution in [1.29, 1.82) is 5.41 Å². The van der Waals surface area contributed by atoms with Gasteiger partial charge < -0.3 is 22.1 Å². The van der Waals surface area contributed by atoms with Crippen LogP contribution in [0.15, 0.2) is 73.0 Å². The molecule has 0 atom stereocenters. The van der Waals surface area contributed by atoms with Crippen LogP contribution in [0.25, 0.3) is 16.6 Å². The molecule has 0 saturated heterocycles. The molecule has 0 saturated carbocycles. The molecule has 9 nitrogen and oxygen atoms in total. The number of hydrogen-bond donors (Lipinski definition) is 5. The van der Waals surface area contributed by atoms with Crippen molar-refractivity contribution in [1.82, 2.24) is 25.3 Å². The highest BCUT2D eigenvalue weighted by Crippen LogP contribution is 2.22. The summed E-state index contributed by atoms with van der Waals surface area (Å²) in [5.41, 5.74) is 16.4. The van der Waals surface area contributed by atoms with Crippen LogP contribution in [0.5, 0.6) is 0 Å². The minimum Gasteiger partial charge on any atom is -0.404 e. The van der Waals surface area contributed by atoms with Gasteiger partial charge in [0.15, 0.2) is 0 Å². The third kappa shape index (κ3) is 5.25. The molecule has 0 amide bonds. The van der Waals surface area contributed by atoms with E-state index in [1.807, 2.05) is 32.0 Å². The van der Waals surface area contributed by atoms with Crippen molar-refractivity contribution in [3.63, 3.8) is 0 Å². The molecule has 32 heavy (non-hydrogen) atoms. The monoisotopic (exact) mass is 429 g/mol. The molecule has 0 bridgehead atoms. The van der Waals surface area contributed by atoms with Crippen LogP contribution in [0.3, 0.4) is 0 Å². The van der Waals surface area contributed by atoms with Gasteiger partial charge in [-0.15, -0.1) is 0 Å². The first-order chi connectivity index (χ1) is 15.4. The van der Waals surface area contributed by atoms with E-state index in [4.69, 9.17) is 16.9 Å². The summed E-state index contributed by atoms with van der Waals surface area (Å²) in [5.74, 6) is 1.27. The summed E-state index contributed by atoms with van der Waals surface area (Å²) in [6, 6.07) is 5.56. The number of anilines is 1. The van der Waals surface area contributed by atoms with Crippen molar-refractivity contribution in [3.8, 4) is 0 Å². The van der Waals surface area contributed by atoms with Gasteiger partial charge in [0, 0.05) is 48.5 Å². The molecule has 7 N–H and O–H groups in total. The third-order valence-corrected chi connectivity index (χ3v) is 4.71. The van der Waals surface area contributed by atoms with Gasteiger partial charge in [-0.25, -0.2) is 15.0 Å². The van der Waals surface area contributed by atoms with Crippen molar-refractivity contribution >= 4 is 28.1 Å². The lowest BCUT2D eigenvalue weighted by molar-refractivity contribution is 0.786. The molecule has 0 aromatic carbocycles. The number of allylic oxidation sites excluding steroid dienone is 3. The number of rotatable bonds is 8. The summed E-state index contributed by atoms with van der Waals surface area (Å²) in [4.78, 5) is 17.2. The zero-order chi connectivity index (χ0) is 23.1. The summed E-state index contributed by atoms with van der Waals surface area (Å²) in [6.45, 7) is 4.08. The fourth-order valence-corrected chi connectivity index (χ4v) is 3.02. The predicted molar refractivity (Wildman–Crippen MR) is 128 cm³/mol. The van der Waals surface area contributed by atoms with Crippen LogP contribution in [0.4, 0.5) is 5.82 Å². The Balaban J connectivity index is 1.94. The molecule has 0 aliphatic heterocycles. The predicted octanol–water partition coefficient (Wildman–Crippen LogP) is 2.76. The number of hydrogen-bond acceptors (Lipinski definition) is 9. The smallest absolute Gasteiger partial charge is 0.132 e. The molecule has 3 heterocycles. The van der Waals surface area contributed by atoms with Crippen molar-refractivity contribution in [3.05, 3.63) is 84.1 Å². The van der Waals surface area contributed by atoms with Gasteiger partial charge >= 0.3 is 0 Å². The summed E-state index contributed by atoms with van der Waals surface area (Å²) in [7, 11) is 1.78. The van der Waals surface area contributed by atoms with E-state index in [0.29, 0.717) is 28.3 Å². The standard InChI is InChI=1S/C23H27N9/c1-14(2)15(8-24)7-21(25)32-22-5-4-19-20(31-22)6-16(11-30-19)18(12-27-3)23(26)17-9-28-13-29-10-17/h4-14,26-27H,24-25H2,1-3H3,(H,31,32)/b15-8+,18-12-,21-7+,26-23?. The average molecular weight is 430 g/mol. The van der Waals surface area contributed by atoms with Gasteiger partial charge in [0.1, 0.15) is 18.0 Å². The Bertz CT molecular complexity index is 1190. The normalized spacial score (nSPS) is 12.8. The second kappa shape index (κ2) is 10.2. The molecule has 9 heteroatoms. The summed E-state index contributed by atoms with van der Waals surface area (Å²) in [5, 5.41) is 14.7. The molecule has 3 aromatic rings. The van der Waals surface area contributed by atoms with E-state index in [2.05, 4.69) is 30.6 Å². The number of nitrogens with two attached hydrogens (primary N) is 2. The van der Waals surface area contributed by atoms with Crippen LogP contribution in [0.1, 0.15) is 25.0 Å². The van der Waals surface area contributed by atoms with Crippen LogP contribution in [0.2, 0.25) is 0 Å². The maximum Gasteiger partial charge on any atom is 0.132 e. The lowest BCUT2D eigenvalue weighted by atomic mass is 9.99. The average Bonchev–Trinajstić information content (AvgIpc) is 2.80. The van der Waals surface area contributed by atoms with Gasteiger partial charge in [0.05, 0.1) is 16.7 Å². The maximum absolute atomic E-state index is 8.60. The highest BCUT2D eigenvalue weighted by molar-refractivity contribution is 6.30. The van der Waals surface area contributed by atoms with E-state index >= 15 is 0 Å². The molecule has 0 fully saturated rings. The second-order valence-electron chi connectivity index (χ2n) is 7.35. The fraction of sp³-hybridized carbons (Fsp3) is 0.174. The van der Waals surface area contributed by atoms with Gasteiger partial charge in [-0.3, -0.25) is 10.4 Å². The molecule has 0 spiro atoms.